The number of amides is 1. The first-order valence-corrected chi connectivity index (χ1v) is 8.50. The van der Waals surface area contributed by atoms with Crippen LogP contribution in [0, 0.1) is 0 Å². The van der Waals surface area contributed by atoms with Crippen LogP contribution in [0.25, 0.3) is 0 Å². The summed E-state index contributed by atoms with van der Waals surface area (Å²) < 4.78 is 24.3. The molecular weight excluding hydrogens is 302 g/mol. The molecule has 1 aliphatic heterocycles. The molecule has 0 saturated carbocycles. The van der Waals surface area contributed by atoms with Crippen molar-refractivity contribution in [1.29, 1.82) is 0 Å². The van der Waals surface area contributed by atoms with E-state index < -0.39 is 10.0 Å². The predicted molar refractivity (Wildman–Crippen MR) is 82.6 cm³/mol. The van der Waals surface area contributed by atoms with E-state index in [1.807, 2.05) is 0 Å². The highest BCUT2D eigenvalue weighted by Crippen LogP contribution is 2.08. The number of nitrogens with one attached hydrogen (secondary N) is 2. The van der Waals surface area contributed by atoms with E-state index in [4.69, 9.17) is 0 Å². The quantitative estimate of drug-likeness (QED) is 0.630. The average Bonchev–Trinajstić information content (AvgIpc) is 2.87. The predicted octanol–water partition coefficient (Wildman–Crippen LogP) is 0.338. The minimum atomic E-state index is -3.11. The molecule has 1 fully saturated rings. The van der Waals surface area contributed by atoms with Gasteiger partial charge in [-0.05, 0) is 32.7 Å². The molecule has 0 aliphatic carbocycles. The van der Waals surface area contributed by atoms with Gasteiger partial charge in [0.25, 0.3) is 0 Å². The Bertz CT molecular complexity index is 383. The Morgan fingerprint density at radius 1 is 1.45 bits per heavy atom. The Kier molecular flexibility index (Phi) is 9.37. The lowest BCUT2D eigenvalue weighted by molar-refractivity contribution is -0.121. The van der Waals surface area contributed by atoms with Crippen molar-refractivity contribution in [3.8, 4) is 0 Å². The first kappa shape index (κ1) is 19.6. The van der Waals surface area contributed by atoms with Crippen LogP contribution in [0.1, 0.15) is 32.6 Å². The van der Waals surface area contributed by atoms with E-state index in [-0.39, 0.29) is 24.1 Å². The topological polar surface area (TPSA) is 78.5 Å². The smallest absolute Gasteiger partial charge is 0.221 e. The number of sulfonamides is 1. The number of nitrogens with zero attached hydrogens (tertiary/aromatic N) is 1. The van der Waals surface area contributed by atoms with Crippen molar-refractivity contribution in [2.75, 3.05) is 32.4 Å². The third-order valence-corrected chi connectivity index (χ3v) is 5.27. The zero-order valence-electron chi connectivity index (χ0n) is 12.2. The van der Waals surface area contributed by atoms with Crippen LogP contribution in [0.4, 0.5) is 0 Å². The lowest BCUT2D eigenvalue weighted by Crippen LogP contribution is -2.34. The molecule has 8 heteroatoms. The second-order valence-corrected chi connectivity index (χ2v) is 7.29. The third kappa shape index (κ3) is 6.88. The molecule has 0 aromatic carbocycles. The fourth-order valence-corrected chi connectivity index (χ4v) is 2.96. The summed E-state index contributed by atoms with van der Waals surface area (Å²) in [5.74, 6) is 0.156. The molecule has 20 heavy (non-hydrogen) atoms. The van der Waals surface area contributed by atoms with Crippen LogP contribution in [-0.4, -0.2) is 57.1 Å². The minimum absolute atomic E-state index is 0. The SMILES string of the molecule is CCS(=O)(=O)N(C)CCCNC(=O)CC1CCCN1.Cl. The molecule has 1 amide bonds. The highest BCUT2D eigenvalue weighted by molar-refractivity contribution is 7.89. The standard InChI is InChI=1S/C12H25N3O3S.ClH/c1-3-19(17,18)15(2)9-5-8-14-12(16)10-11-6-4-7-13-11;/h11,13H,3-10H2,1-2H3,(H,14,16);1H. The summed E-state index contributed by atoms with van der Waals surface area (Å²) in [4.78, 5) is 11.6. The van der Waals surface area contributed by atoms with Crippen molar-refractivity contribution >= 4 is 28.3 Å². The highest BCUT2D eigenvalue weighted by Gasteiger charge is 2.17. The monoisotopic (exact) mass is 327 g/mol. The molecule has 1 aliphatic rings. The van der Waals surface area contributed by atoms with Gasteiger partial charge in [-0.2, -0.15) is 0 Å². The lowest BCUT2D eigenvalue weighted by atomic mass is 10.1. The fourth-order valence-electron chi connectivity index (χ4n) is 2.12. The van der Waals surface area contributed by atoms with E-state index >= 15 is 0 Å². The van der Waals surface area contributed by atoms with Crippen molar-refractivity contribution in [2.24, 2.45) is 0 Å². The van der Waals surface area contributed by atoms with Crippen molar-refractivity contribution in [1.82, 2.24) is 14.9 Å². The Morgan fingerprint density at radius 3 is 2.70 bits per heavy atom. The van der Waals surface area contributed by atoms with E-state index in [1.54, 1.807) is 14.0 Å². The summed E-state index contributed by atoms with van der Waals surface area (Å²) in [6, 6.07) is 0.308. The van der Waals surface area contributed by atoms with E-state index in [2.05, 4.69) is 10.6 Å². The number of rotatable bonds is 8. The van der Waals surface area contributed by atoms with Gasteiger partial charge in [-0.25, -0.2) is 12.7 Å². The maximum Gasteiger partial charge on any atom is 0.221 e. The molecule has 1 saturated heterocycles. The van der Waals surface area contributed by atoms with Crippen LogP contribution in [0.5, 0.6) is 0 Å². The molecule has 6 nitrogen and oxygen atoms in total. The molecule has 2 N–H and O–H groups in total. The average molecular weight is 328 g/mol. The summed E-state index contributed by atoms with van der Waals surface area (Å²) in [7, 11) is -1.53. The van der Waals surface area contributed by atoms with Gasteiger partial charge >= 0.3 is 0 Å². The van der Waals surface area contributed by atoms with Crippen LogP contribution in [-0.2, 0) is 14.8 Å². The van der Waals surface area contributed by atoms with Gasteiger partial charge in [0, 0.05) is 32.6 Å². The molecule has 1 unspecified atom stereocenters. The molecule has 0 radical (unpaired) electrons. The Hall–Kier alpha value is -0.370. The van der Waals surface area contributed by atoms with Gasteiger partial charge in [-0.1, -0.05) is 0 Å². The lowest BCUT2D eigenvalue weighted by Gasteiger charge is -2.16. The van der Waals surface area contributed by atoms with E-state index in [9.17, 15) is 13.2 Å². The second-order valence-electron chi connectivity index (χ2n) is 4.92. The fraction of sp³-hybridized carbons (Fsp3) is 0.917. The van der Waals surface area contributed by atoms with E-state index in [1.165, 1.54) is 4.31 Å². The number of hydrogen-bond donors (Lipinski definition) is 2. The molecule has 0 bridgehead atoms. The first-order chi connectivity index (χ1) is 8.95. The number of halogens is 1. The van der Waals surface area contributed by atoms with Gasteiger partial charge in [0.1, 0.15) is 0 Å². The summed E-state index contributed by atoms with van der Waals surface area (Å²) in [6.45, 7) is 3.59. The summed E-state index contributed by atoms with van der Waals surface area (Å²) in [5.41, 5.74) is 0. The molecule has 0 aromatic heterocycles. The first-order valence-electron chi connectivity index (χ1n) is 6.90. The van der Waals surface area contributed by atoms with Gasteiger partial charge in [0.05, 0.1) is 5.75 Å². The van der Waals surface area contributed by atoms with Crippen molar-refractivity contribution < 1.29 is 13.2 Å². The Morgan fingerprint density at radius 2 is 2.15 bits per heavy atom. The Labute approximate surface area is 128 Å². The molecule has 1 rings (SSSR count). The van der Waals surface area contributed by atoms with Crippen LogP contribution in [0.15, 0.2) is 0 Å². The highest BCUT2D eigenvalue weighted by atomic mass is 35.5. The van der Waals surface area contributed by atoms with Gasteiger partial charge in [-0.3, -0.25) is 4.79 Å². The maximum atomic E-state index is 11.6. The van der Waals surface area contributed by atoms with E-state index in [0.29, 0.717) is 32.0 Å². The van der Waals surface area contributed by atoms with Gasteiger partial charge in [-0.15, -0.1) is 12.4 Å². The Balaban J connectivity index is 0.00000361. The third-order valence-electron chi connectivity index (χ3n) is 3.41. The maximum absolute atomic E-state index is 11.6. The van der Waals surface area contributed by atoms with Crippen molar-refractivity contribution in [2.45, 2.75) is 38.6 Å². The molecule has 1 heterocycles. The zero-order valence-corrected chi connectivity index (χ0v) is 13.9. The molecule has 0 spiro atoms. The normalized spacial score (nSPS) is 18.9. The molecule has 120 valence electrons. The largest absolute Gasteiger partial charge is 0.356 e. The molecule has 0 aromatic rings. The van der Waals surface area contributed by atoms with Gasteiger partial charge in [0.2, 0.25) is 15.9 Å². The molecular formula is C12H26ClN3O3S. The zero-order chi connectivity index (χ0) is 14.3. The number of carbonyl (C=O) groups excluding carboxylic acids is 1. The van der Waals surface area contributed by atoms with Crippen LogP contribution < -0.4 is 10.6 Å². The van der Waals surface area contributed by atoms with Crippen molar-refractivity contribution in [3.63, 3.8) is 0 Å². The summed E-state index contributed by atoms with van der Waals surface area (Å²) in [5, 5.41) is 6.11. The minimum Gasteiger partial charge on any atom is -0.356 e. The number of carbonyl (C=O) groups is 1. The molecule has 1 atom stereocenters. The number of hydrogen-bond acceptors (Lipinski definition) is 4. The van der Waals surface area contributed by atoms with Gasteiger partial charge < -0.3 is 10.6 Å². The van der Waals surface area contributed by atoms with E-state index in [0.717, 1.165) is 19.4 Å². The van der Waals surface area contributed by atoms with Crippen LogP contribution in [0.2, 0.25) is 0 Å². The van der Waals surface area contributed by atoms with Crippen LogP contribution in [0.3, 0.4) is 0 Å². The van der Waals surface area contributed by atoms with Gasteiger partial charge in [0.15, 0.2) is 0 Å². The van der Waals surface area contributed by atoms with Crippen LogP contribution >= 0.6 is 12.4 Å². The summed E-state index contributed by atoms with van der Waals surface area (Å²) >= 11 is 0. The van der Waals surface area contributed by atoms with Crippen molar-refractivity contribution in [3.05, 3.63) is 0 Å². The second kappa shape index (κ2) is 9.55. The summed E-state index contributed by atoms with van der Waals surface area (Å²) in [6.07, 6.45) is 3.35.